The maximum absolute atomic E-state index is 12.5. The molecular formula is C17H20F3NO3S. The van der Waals surface area contributed by atoms with Gasteiger partial charge in [0, 0.05) is 18.7 Å². The molecule has 0 aliphatic carbocycles. The summed E-state index contributed by atoms with van der Waals surface area (Å²) in [7, 11) is -3.10. The van der Waals surface area contributed by atoms with Crippen LogP contribution in [-0.4, -0.2) is 43.3 Å². The zero-order valence-corrected chi connectivity index (χ0v) is 14.6. The van der Waals surface area contributed by atoms with Crippen LogP contribution in [0.1, 0.15) is 30.9 Å². The fraction of sp³-hybridized carbons (Fsp3) is 0.471. The van der Waals surface area contributed by atoms with E-state index >= 15 is 0 Å². The van der Waals surface area contributed by atoms with Crippen LogP contribution >= 0.6 is 0 Å². The van der Waals surface area contributed by atoms with Gasteiger partial charge in [-0.25, -0.2) is 8.42 Å². The average Bonchev–Trinajstić information content (AvgIpc) is 2.89. The summed E-state index contributed by atoms with van der Waals surface area (Å²) in [6.07, 6.45) is -0.569. The summed E-state index contributed by atoms with van der Waals surface area (Å²) in [5, 5.41) is 0. The van der Waals surface area contributed by atoms with Gasteiger partial charge >= 0.3 is 6.18 Å². The summed E-state index contributed by atoms with van der Waals surface area (Å²) >= 11 is 0. The monoisotopic (exact) mass is 375 g/mol. The molecule has 138 valence electrons. The Hall–Kier alpha value is -1.83. The molecule has 1 aromatic carbocycles. The molecule has 1 heterocycles. The van der Waals surface area contributed by atoms with Crippen molar-refractivity contribution >= 4 is 21.8 Å². The second-order valence-corrected chi connectivity index (χ2v) is 8.27. The Morgan fingerprint density at radius 2 is 1.92 bits per heavy atom. The Kier molecular flexibility index (Phi) is 5.92. The van der Waals surface area contributed by atoms with Gasteiger partial charge in [-0.15, -0.1) is 0 Å². The molecule has 1 aromatic rings. The van der Waals surface area contributed by atoms with Gasteiger partial charge < -0.3 is 4.90 Å². The molecule has 0 N–H and O–H groups in total. The fourth-order valence-electron chi connectivity index (χ4n) is 2.78. The van der Waals surface area contributed by atoms with Crippen molar-refractivity contribution in [2.75, 3.05) is 18.1 Å². The molecule has 0 spiro atoms. The van der Waals surface area contributed by atoms with Crippen LogP contribution in [0.5, 0.6) is 0 Å². The molecule has 0 bridgehead atoms. The molecule has 1 atom stereocenters. The molecule has 1 aliphatic rings. The number of carbonyl (C=O) groups excluding carboxylic acids is 1. The summed E-state index contributed by atoms with van der Waals surface area (Å²) in [5.74, 6) is -0.287. The van der Waals surface area contributed by atoms with Crippen LogP contribution in [0.2, 0.25) is 0 Å². The van der Waals surface area contributed by atoms with Gasteiger partial charge in [0.1, 0.15) is 0 Å². The Morgan fingerprint density at radius 1 is 1.28 bits per heavy atom. The third-order valence-electron chi connectivity index (χ3n) is 4.05. The first kappa shape index (κ1) is 19.5. The molecule has 1 fully saturated rings. The van der Waals surface area contributed by atoms with E-state index in [9.17, 15) is 26.4 Å². The summed E-state index contributed by atoms with van der Waals surface area (Å²) in [6.45, 7) is 2.33. The van der Waals surface area contributed by atoms with Crippen molar-refractivity contribution in [3.05, 3.63) is 41.5 Å². The smallest absolute Gasteiger partial charge is 0.335 e. The fourth-order valence-corrected chi connectivity index (χ4v) is 4.51. The van der Waals surface area contributed by atoms with Gasteiger partial charge in [0.15, 0.2) is 9.84 Å². The van der Waals surface area contributed by atoms with Crippen molar-refractivity contribution in [1.82, 2.24) is 4.90 Å². The quantitative estimate of drug-likeness (QED) is 0.743. The molecule has 2 rings (SSSR count). The standard InChI is InChI=1S/C17H20F3NO3S/c1-2-10-21(15-9-11-25(23,24)12-15)16(22)8-5-13-3-6-14(7-4-13)17(18,19)20/h3-8,15H,2,9-12H2,1H3/b8-5+. The number of sulfone groups is 1. The third-order valence-corrected chi connectivity index (χ3v) is 5.80. The van der Waals surface area contributed by atoms with Crippen LogP contribution in [0.4, 0.5) is 13.2 Å². The SMILES string of the molecule is CCCN(C(=O)/C=C/c1ccc(C(F)(F)F)cc1)C1CCS(=O)(=O)C1. The third kappa shape index (κ3) is 5.32. The van der Waals surface area contributed by atoms with Gasteiger partial charge in [0.2, 0.25) is 5.91 Å². The predicted molar refractivity (Wildman–Crippen MR) is 89.5 cm³/mol. The largest absolute Gasteiger partial charge is 0.416 e. The van der Waals surface area contributed by atoms with E-state index in [0.717, 1.165) is 12.1 Å². The number of halogens is 3. The summed E-state index contributed by atoms with van der Waals surface area (Å²) < 4.78 is 60.8. The molecule has 4 nitrogen and oxygen atoms in total. The van der Waals surface area contributed by atoms with Crippen molar-refractivity contribution < 1.29 is 26.4 Å². The second-order valence-electron chi connectivity index (χ2n) is 6.04. The lowest BCUT2D eigenvalue weighted by Crippen LogP contribution is -2.40. The van der Waals surface area contributed by atoms with E-state index < -0.39 is 21.6 Å². The zero-order valence-electron chi connectivity index (χ0n) is 13.8. The van der Waals surface area contributed by atoms with Crippen LogP contribution in [0.3, 0.4) is 0 Å². The molecule has 8 heteroatoms. The lowest BCUT2D eigenvalue weighted by Gasteiger charge is -2.26. The molecule has 1 amide bonds. The number of hydrogen-bond acceptors (Lipinski definition) is 3. The first-order valence-corrected chi connectivity index (χ1v) is 9.81. The first-order chi connectivity index (χ1) is 11.6. The van der Waals surface area contributed by atoms with Crippen LogP contribution in [0.25, 0.3) is 6.08 Å². The number of amides is 1. The number of rotatable bonds is 5. The van der Waals surface area contributed by atoms with Gasteiger partial charge in [-0.2, -0.15) is 13.2 Å². The molecule has 25 heavy (non-hydrogen) atoms. The first-order valence-electron chi connectivity index (χ1n) is 7.99. The molecule has 1 saturated heterocycles. The molecule has 0 aromatic heterocycles. The highest BCUT2D eigenvalue weighted by Crippen LogP contribution is 2.29. The van der Waals surface area contributed by atoms with Crippen LogP contribution in [0, 0.1) is 0 Å². The van der Waals surface area contributed by atoms with E-state index in [1.54, 1.807) is 0 Å². The van der Waals surface area contributed by atoms with Crippen molar-refractivity contribution in [3.8, 4) is 0 Å². The number of alkyl halides is 3. The van der Waals surface area contributed by atoms with Gasteiger partial charge in [-0.05, 0) is 36.6 Å². The van der Waals surface area contributed by atoms with Crippen molar-refractivity contribution in [1.29, 1.82) is 0 Å². The van der Waals surface area contributed by atoms with Gasteiger partial charge in [-0.1, -0.05) is 19.1 Å². The van der Waals surface area contributed by atoms with Gasteiger partial charge in [0.05, 0.1) is 17.1 Å². The van der Waals surface area contributed by atoms with Crippen molar-refractivity contribution in [2.45, 2.75) is 32.0 Å². The van der Waals surface area contributed by atoms with E-state index in [1.165, 1.54) is 29.2 Å². The van der Waals surface area contributed by atoms with Gasteiger partial charge in [-0.3, -0.25) is 4.79 Å². The Morgan fingerprint density at radius 3 is 2.40 bits per heavy atom. The summed E-state index contributed by atoms with van der Waals surface area (Å²) in [4.78, 5) is 13.9. The number of benzene rings is 1. The highest BCUT2D eigenvalue weighted by molar-refractivity contribution is 7.91. The van der Waals surface area contributed by atoms with Crippen molar-refractivity contribution in [3.63, 3.8) is 0 Å². The molecular weight excluding hydrogens is 355 g/mol. The second kappa shape index (κ2) is 7.59. The minimum Gasteiger partial charge on any atom is -0.335 e. The normalized spacial score (nSPS) is 20.1. The lowest BCUT2D eigenvalue weighted by molar-refractivity contribution is -0.137. The van der Waals surface area contributed by atoms with E-state index in [4.69, 9.17) is 0 Å². The van der Waals surface area contributed by atoms with Crippen LogP contribution in [-0.2, 0) is 20.8 Å². The Bertz CT molecular complexity index is 739. The van der Waals surface area contributed by atoms with Crippen molar-refractivity contribution in [2.24, 2.45) is 0 Å². The Balaban J connectivity index is 2.08. The molecule has 1 unspecified atom stereocenters. The Labute approximate surface area is 145 Å². The van der Waals surface area contributed by atoms with E-state index in [-0.39, 0.29) is 23.5 Å². The molecule has 0 radical (unpaired) electrons. The van der Waals surface area contributed by atoms with Crippen LogP contribution < -0.4 is 0 Å². The van der Waals surface area contributed by atoms with E-state index in [2.05, 4.69) is 0 Å². The maximum atomic E-state index is 12.5. The molecule has 1 aliphatic heterocycles. The van der Waals surface area contributed by atoms with Crippen LogP contribution in [0.15, 0.2) is 30.3 Å². The zero-order chi connectivity index (χ0) is 18.7. The maximum Gasteiger partial charge on any atom is 0.416 e. The number of carbonyl (C=O) groups is 1. The minimum atomic E-state index is -4.40. The van der Waals surface area contributed by atoms with E-state index in [0.29, 0.717) is 24.9 Å². The highest BCUT2D eigenvalue weighted by atomic mass is 32.2. The minimum absolute atomic E-state index is 0.0349. The lowest BCUT2D eigenvalue weighted by atomic mass is 10.1. The highest BCUT2D eigenvalue weighted by Gasteiger charge is 2.33. The predicted octanol–water partition coefficient (Wildman–Crippen LogP) is 3.14. The number of hydrogen-bond donors (Lipinski definition) is 0. The summed E-state index contributed by atoms with van der Waals surface area (Å²) in [5.41, 5.74) is -0.281. The average molecular weight is 375 g/mol. The van der Waals surface area contributed by atoms with E-state index in [1.807, 2.05) is 6.92 Å². The van der Waals surface area contributed by atoms with Gasteiger partial charge in [0.25, 0.3) is 0 Å². The number of nitrogens with zero attached hydrogens (tertiary/aromatic N) is 1. The summed E-state index contributed by atoms with van der Waals surface area (Å²) in [6, 6.07) is 4.15. The topological polar surface area (TPSA) is 54.5 Å². The molecule has 0 saturated carbocycles.